The molecule has 0 aliphatic rings. The van der Waals surface area contributed by atoms with Gasteiger partial charge in [0.1, 0.15) is 11.9 Å². The van der Waals surface area contributed by atoms with Gasteiger partial charge >= 0.3 is 5.97 Å². The van der Waals surface area contributed by atoms with Gasteiger partial charge in [-0.2, -0.15) is 0 Å². The maximum Gasteiger partial charge on any atom is 0.321 e. The predicted octanol–water partition coefficient (Wildman–Crippen LogP) is 2.71. The SMILES string of the molecule is CC(C)N(C)c1ccc(CN[C@H](Cc2ccccc2)C(=O)O)cn1. The van der Waals surface area contributed by atoms with Gasteiger partial charge < -0.3 is 10.0 Å². The number of nitrogens with one attached hydrogen (secondary N) is 1. The van der Waals surface area contributed by atoms with E-state index in [-0.39, 0.29) is 0 Å². The normalized spacial score (nSPS) is 12.2. The van der Waals surface area contributed by atoms with Crippen LogP contribution in [0.3, 0.4) is 0 Å². The number of carboxylic acids is 1. The van der Waals surface area contributed by atoms with Crippen molar-refractivity contribution in [2.75, 3.05) is 11.9 Å². The summed E-state index contributed by atoms with van der Waals surface area (Å²) in [5.41, 5.74) is 1.97. The van der Waals surface area contributed by atoms with Crippen molar-refractivity contribution in [1.82, 2.24) is 10.3 Å². The van der Waals surface area contributed by atoms with Gasteiger partial charge in [-0.1, -0.05) is 36.4 Å². The highest BCUT2D eigenvalue weighted by molar-refractivity contribution is 5.73. The molecule has 1 atom stereocenters. The molecule has 0 aliphatic heterocycles. The minimum absolute atomic E-state index is 0.378. The number of rotatable bonds is 8. The number of carboxylic acid groups (broad SMARTS) is 1. The fraction of sp³-hybridized carbons (Fsp3) is 0.368. The molecule has 0 unspecified atom stereocenters. The fourth-order valence-electron chi connectivity index (χ4n) is 2.33. The summed E-state index contributed by atoms with van der Waals surface area (Å²) in [5.74, 6) is 0.0655. The molecule has 2 aromatic rings. The summed E-state index contributed by atoms with van der Waals surface area (Å²) in [6, 6.07) is 13.3. The first kappa shape index (κ1) is 17.9. The summed E-state index contributed by atoms with van der Waals surface area (Å²) in [6.45, 7) is 4.69. The van der Waals surface area contributed by atoms with Crippen LogP contribution in [0.1, 0.15) is 25.0 Å². The van der Waals surface area contributed by atoms with E-state index in [0.717, 1.165) is 16.9 Å². The van der Waals surface area contributed by atoms with E-state index in [1.807, 2.05) is 49.5 Å². The largest absolute Gasteiger partial charge is 0.480 e. The minimum atomic E-state index is -0.844. The third-order valence-corrected chi connectivity index (χ3v) is 4.08. The average Bonchev–Trinajstić information content (AvgIpc) is 2.59. The summed E-state index contributed by atoms with van der Waals surface area (Å²) in [5, 5.41) is 12.5. The van der Waals surface area contributed by atoms with Crippen molar-refractivity contribution in [2.45, 2.75) is 38.9 Å². The molecule has 0 bridgehead atoms. The molecule has 0 saturated heterocycles. The Morgan fingerprint density at radius 3 is 2.42 bits per heavy atom. The Hall–Kier alpha value is -2.40. The lowest BCUT2D eigenvalue weighted by atomic mass is 10.1. The molecule has 0 fully saturated rings. The third-order valence-electron chi connectivity index (χ3n) is 4.08. The van der Waals surface area contributed by atoms with E-state index in [4.69, 9.17) is 0 Å². The van der Waals surface area contributed by atoms with Gasteiger partial charge in [0.15, 0.2) is 0 Å². The average molecular weight is 327 g/mol. The Balaban J connectivity index is 1.95. The van der Waals surface area contributed by atoms with Crippen LogP contribution in [0.5, 0.6) is 0 Å². The first-order valence-electron chi connectivity index (χ1n) is 8.15. The van der Waals surface area contributed by atoms with Crippen LogP contribution in [0.2, 0.25) is 0 Å². The zero-order valence-corrected chi connectivity index (χ0v) is 14.4. The van der Waals surface area contributed by atoms with E-state index in [9.17, 15) is 9.90 Å². The van der Waals surface area contributed by atoms with Crippen molar-refractivity contribution in [3.05, 3.63) is 59.8 Å². The van der Waals surface area contributed by atoms with Crippen LogP contribution in [-0.4, -0.2) is 35.2 Å². The van der Waals surface area contributed by atoms with Gasteiger partial charge in [-0.3, -0.25) is 10.1 Å². The summed E-state index contributed by atoms with van der Waals surface area (Å²) in [6.07, 6.45) is 2.25. The lowest BCUT2D eigenvalue weighted by Gasteiger charge is -2.22. The smallest absolute Gasteiger partial charge is 0.321 e. The Bertz CT molecular complexity index is 641. The third kappa shape index (κ3) is 5.06. The van der Waals surface area contributed by atoms with Crippen LogP contribution in [-0.2, 0) is 17.8 Å². The summed E-state index contributed by atoms with van der Waals surface area (Å²) < 4.78 is 0. The van der Waals surface area contributed by atoms with Gasteiger partial charge in [0.05, 0.1) is 0 Å². The van der Waals surface area contributed by atoms with Gasteiger partial charge in [0.25, 0.3) is 0 Å². The molecule has 0 spiro atoms. The van der Waals surface area contributed by atoms with Gasteiger partial charge in [0.2, 0.25) is 0 Å². The van der Waals surface area contributed by atoms with Crippen molar-refractivity contribution in [2.24, 2.45) is 0 Å². The molecule has 5 heteroatoms. The van der Waals surface area contributed by atoms with E-state index < -0.39 is 12.0 Å². The zero-order chi connectivity index (χ0) is 17.5. The van der Waals surface area contributed by atoms with Gasteiger partial charge in [-0.25, -0.2) is 4.98 Å². The molecule has 1 heterocycles. The first-order valence-corrected chi connectivity index (χ1v) is 8.15. The van der Waals surface area contributed by atoms with Crippen molar-refractivity contribution in [3.63, 3.8) is 0 Å². The lowest BCUT2D eigenvalue weighted by molar-refractivity contribution is -0.139. The molecule has 2 rings (SSSR count). The van der Waals surface area contributed by atoms with Gasteiger partial charge in [-0.05, 0) is 37.5 Å². The van der Waals surface area contributed by atoms with Crippen LogP contribution in [0.15, 0.2) is 48.7 Å². The number of carbonyl (C=O) groups is 1. The van der Waals surface area contributed by atoms with E-state index in [1.165, 1.54) is 0 Å². The number of benzene rings is 1. The highest BCUT2D eigenvalue weighted by Crippen LogP contribution is 2.12. The molecule has 0 aliphatic carbocycles. The summed E-state index contributed by atoms with van der Waals surface area (Å²) in [4.78, 5) is 18.0. The van der Waals surface area contributed by atoms with E-state index in [1.54, 1.807) is 6.20 Å². The van der Waals surface area contributed by atoms with Crippen molar-refractivity contribution in [3.8, 4) is 0 Å². The van der Waals surface area contributed by atoms with E-state index >= 15 is 0 Å². The number of nitrogens with zero attached hydrogens (tertiary/aromatic N) is 2. The number of anilines is 1. The standard InChI is InChI=1S/C19H25N3O2/c1-14(2)22(3)18-10-9-16(13-21-18)12-20-17(19(23)24)11-15-7-5-4-6-8-15/h4-10,13-14,17,20H,11-12H2,1-3H3,(H,23,24)/t17-/m1/s1. The highest BCUT2D eigenvalue weighted by Gasteiger charge is 2.17. The Morgan fingerprint density at radius 2 is 1.88 bits per heavy atom. The molecule has 0 amide bonds. The maximum atomic E-state index is 11.5. The van der Waals surface area contributed by atoms with Crippen LogP contribution in [0.25, 0.3) is 0 Å². The second-order valence-electron chi connectivity index (χ2n) is 6.19. The number of hydrogen-bond donors (Lipinski definition) is 2. The van der Waals surface area contributed by atoms with E-state index in [0.29, 0.717) is 19.0 Å². The van der Waals surface area contributed by atoms with Crippen LogP contribution < -0.4 is 10.2 Å². The number of hydrogen-bond acceptors (Lipinski definition) is 4. The van der Waals surface area contributed by atoms with E-state index in [2.05, 4.69) is 29.0 Å². The molecule has 0 saturated carbocycles. The second-order valence-corrected chi connectivity index (χ2v) is 6.19. The first-order chi connectivity index (χ1) is 11.5. The van der Waals surface area contributed by atoms with Crippen LogP contribution >= 0.6 is 0 Å². The fourth-order valence-corrected chi connectivity index (χ4v) is 2.33. The number of pyridine rings is 1. The highest BCUT2D eigenvalue weighted by atomic mass is 16.4. The van der Waals surface area contributed by atoms with Crippen molar-refractivity contribution >= 4 is 11.8 Å². The van der Waals surface area contributed by atoms with Crippen molar-refractivity contribution in [1.29, 1.82) is 0 Å². The Morgan fingerprint density at radius 1 is 1.17 bits per heavy atom. The zero-order valence-electron chi connectivity index (χ0n) is 14.4. The molecular formula is C19H25N3O2. The molecule has 2 N–H and O–H groups in total. The Kier molecular flexibility index (Phi) is 6.32. The predicted molar refractivity (Wildman–Crippen MR) is 96.2 cm³/mol. The Labute approximate surface area is 143 Å². The molecule has 0 radical (unpaired) electrons. The lowest BCUT2D eigenvalue weighted by Crippen LogP contribution is -2.38. The second kappa shape index (κ2) is 8.45. The topological polar surface area (TPSA) is 65.5 Å². The molecular weight excluding hydrogens is 302 g/mol. The molecule has 24 heavy (non-hydrogen) atoms. The van der Waals surface area contributed by atoms with Crippen molar-refractivity contribution < 1.29 is 9.90 Å². The van der Waals surface area contributed by atoms with Gasteiger partial charge in [-0.15, -0.1) is 0 Å². The molecule has 1 aromatic heterocycles. The number of aliphatic carboxylic acids is 1. The summed E-state index contributed by atoms with van der Waals surface area (Å²) in [7, 11) is 2.01. The quantitative estimate of drug-likeness (QED) is 0.780. The molecule has 5 nitrogen and oxygen atoms in total. The van der Waals surface area contributed by atoms with Gasteiger partial charge in [0, 0.05) is 25.8 Å². The maximum absolute atomic E-state index is 11.5. The van der Waals surface area contributed by atoms with Crippen LogP contribution in [0.4, 0.5) is 5.82 Å². The molecule has 1 aromatic carbocycles. The number of aromatic nitrogens is 1. The minimum Gasteiger partial charge on any atom is -0.480 e. The molecule has 128 valence electrons. The monoisotopic (exact) mass is 327 g/mol. The van der Waals surface area contributed by atoms with Crippen LogP contribution in [0, 0.1) is 0 Å². The summed E-state index contributed by atoms with van der Waals surface area (Å²) >= 11 is 0.